The molecule has 0 saturated carbocycles. The van der Waals surface area contributed by atoms with E-state index >= 15 is 0 Å². The lowest BCUT2D eigenvalue weighted by Crippen LogP contribution is -2.29. The highest BCUT2D eigenvalue weighted by Gasteiger charge is 2.23. The van der Waals surface area contributed by atoms with Gasteiger partial charge in [-0.25, -0.2) is 0 Å². The summed E-state index contributed by atoms with van der Waals surface area (Å²) in [5.41, 5.74) is -1.42. The van der Waals surface area contributed by atoms with Crippen LogP contribution in [0.1, 0.15) is 52.9 Å². The van der Waals surface area contributed by atoms with E-state index in [1.165, 1.54) is 0 Å². The van der Waals surface area contributed by atoms with Crippen molar-refractivity contribution >= 4 is 0 Å². The van der Waals surface area contributed by atoms with Gasteiger partial charge in [0.2, 0.25) is 0 Å². The summed E-state index contributed by atoms with van der Waals surface area (Å²) in [6, 6.07) is 0. The third kappa shape index (κ3) is 8.48. The molecule has 3 heteroatoms. The molecule has 1 atom stereocenters. The summed E-state index contributed by atoms with van der Waals surface area (Å²) in [4.78, 5) is 0. The van der Waals surface area contributed by atoms with Gasteiger partial charge in [-0.05, 0) is 52.9 Å². The highest BCUT2D eigenvalue weighted by Crippen LogP contribution is 2.23. The average Bonchev–Trinajstić information content (AvgIpc) is 2.00. The molecule has 3 nitrogen and oxygen atoms in total. The largest absolute Gasteiger partial charge is 0.396 e. The number of aliphatic hydroxyl groups excluding tert-OH is 1. The maximum absolute atomic E-state index is 9.91. The Labute approximate surface area is 86.8 Å². The molecule has 0 radical (unpaired) electrons. The lowest BCUT2D eigenvalue weighted by atomic mass is 9.89. The molecule has 0 fully saturated rings. The molecule has 3 N–H and O–H groups in total. The number of hydrogen-bond donors (Lipinski definition) is 3. The quantitative estimate of drug-likeness (QED) is 0.550. The van der Waals surface area contributed by atoms with Gasteiger partial charge in [0, 0.05) is 6.61 Å². The van der Waals surface area contributed by atoms with Crippen molar-refractivity contribution in [3.05, 3.63) is 0 Å². The van der Waals surface area contributed by atoms with E-state index in [4.69, 9.17) is 5.11 Å². The van der Waals surface area contributed by atoms with Crippen LogP contribution in [0.5, 0.6) is 0 Å². The van der Waals surface area contributed by atoms with Crippen molar-refractivity contribution in [2.45, 2.75) is 64.1 Å². The molecule has 1 unspecified atom stereocenters. The predicted octanol–water partition coefficient (Wildman–Crippen LogP) is 1.45. The topological polar surface area (TPSA) is 60.7 Å². The van der Waals surface area contributed by atoms with Gasteiger partial charge in [-0.1, -0.05) is 0 Å². The zero-order valence-corrected chi connectivity index (χ0v) is 9.58. The minimum absolute atomic E-state index is 0.182. The molecule has 14 heavy (non-hydrogen) atoms. The Morgan fingerprint density at radius 3 is 1.86 bits per heavy atom. The van der Waals surface area contributed by atoms with Crippen LogP contribution in [-0.2, 0) is 0 Å². The normalized spacial score (nSPS) is 16.7. The highest BCUT2D eigenvalue weighted by atomic mass is 16.3. The molecule has 86 valence electrons. The van der Waals surface area contributed by atoms with Gasteiger partial charge >= 0.3 is 0 Å². The Kier molecular flexibility index (Phi) is 5.64. The molecule has 0 saturated heterocycles. The fourth-order valence-corrected chi connectivity index (χ4v) is 1.32. The van der Waals surface area contributed by atoms with Crippen molar-refractivity contribution in [3.63, 3.8) is 0 Å². The summed E-state index contributed by atoms with van der Waals surface area (Å²) in [5, 5.41) is 28.0. The van der Waals surface area contributed by atoms with Crippen molar-refractivity contribution in [1.29, 1.82) is 0 Å². The maximum atomic E-state index is 9.91. The molecule has 0 aliphatic carbocycles. The second kappa shape index (κ2) is 5.69. The van der Waals surface area contributed by atoms with Crippen molar-refractivity contribution in [2.75, 3.05) is 6.61 Å². The molecule has 0 aromatic heterocycles. The Hall–Kier alpha value is -0.120. The summed E-state index contributed by atoms with van der Waals surface area (Å²) in [5.74, 6) is 0. The Balaban J connectivity index is 3.72. The molecular formula is C11H24O3. The molecule has 0 aromatic rings. The first-order valence-corrected chi connectivity index (χ1v) is 5.32. The second-order valence-corrected chi connectivity index (χ2v) is 4.99. The predicted molar refractivity (Wildman–Crippen MR) is 57.1 cm³/mol. The molecule has 0 aliphatic heterocycles. The highest BCUT2D eigenvalue weighted by molar-refractivity contribution is 4.77. The molecule has 0 spiro atoms. The summed E-state index contributed by atoms with van der Waals surface area (Å²) < 4.78 is 0. The van der Waals surface area contributed by atoms with Gasteiger partial charge in [-0.3, -0.25) is 0 Å². The van der Waals surface area contributed by atoms with Crippen LogP contribution >= 0.6 is 0 Å². The lowest BCUT2D eigenvalue weighted by Gasteiger charge is -2.27. The minimum Gasteiger partial charge on any atom is -0.396 e. The number of rotatable bonds is 7. The van der Waals surface area contributed by atoms with Gasteiger partial charge < -0.3 is 15.3 Å². The zero-order valence-electron chi connectivity index (χ0n) is 9.58. The summed E-state index contributed by atoms with van der Waals surface area (Å²) in [6.45, 7) is 5.46. The van der Waals surface area contributed by atoms with Crippen molar-refractivity contribution < 1.29 is 15.3 Å². The number of aliphatic hydroxyl groups is 3. The van der Waals surface area contributed by atoms with Gasteiger partial charge in [0.15, 0.2) is 0 Å². The zero-order chi connectivity index (χ0) is 11.2. The third-order valence-electron chi connectivity index (χ3n) is 2.40. The van der Waals surface area contributed by atoms with Gasteiger partial charge in [-0.15, -0.1) is 0 Å². The summed E-state index contributed by atoms with van der Waals surface area (Å²) in [6.07, 6.45) is 3.44. The van der Waals surface area contributed by atoms with Crippen molar-refractivity contribution in [3.8, 4) is 0 Å². The SMILES string of the molecule is CC(C)(O)CCC(C)(O)CCCCO. The molecule has 0 heterocycles. The smallest absolute Gasteiger partial charge is 0.0620 e. The summed E-state index contributed by atoms with van der Waals surface area (Å²) >= 11 is 0. The molecular weight excluding hydrogens is 180 g/mol. The van der Waals surface area contributed by atoms with E-state index < -0.39 is 11.2 Å². The van der Waals surface area contributed by atoms with Gasteiger partial charge in [0.1, 0.15) is 0 Å². The van der Waals surface area contributed by atoms with Crippen molar-refractivity contribution in [1.82, 2.24) is 0 Å². The van der Waals surface area contributed by atoms with Crippen LogP contribution < -0.4 is 0 Å². The first kappa shape index (κ1) is 13.9. The van der Waals surface area contributed by atoms with Gasteiger partial charge in [0.25, 0.3) is 0 Å². The Bertz CT molecular complexity index is 147. The third-order valence-corrected chi connectivity index (χ3v) is 2.40. The minimum atomic E-state index is -0.713. The molecule has 0 aromatic carbocycles. The molecule has 0 aliphatic rings. The summed E-state index contributed by atoms with van der Waals surface area (Å²) in [7, 11) is 0. The number of hydrogen-bond acceptors (Lipinski definition) is 3. The average molecular weight is 204 g/mol. The van der Waals surface area contributed by atoms with Crippen LogP contribution in [0.4, 0.5) is 0 Å². The molecule has 0 rings (SSSR count). The standard InChI is InChI=1S/C11H24O3/c1-10(2,13)7-8-11(3,14)6-4-5-9-12/h12-14H,4-9H2,1-3H3. The van der Waals surface area contributed by atoms with Crippen LogP contribution in [0.15, 0.2) is 0 Å². The maximum Gasteiger partial charge on any atom is 0.0620 e. The molecule has 0 bridgehead atoms. The van der Waals surface area contributed by atoms with Crippen molar-refractivity contribution in [2.24, 2.45) is 0 Å². The molecule has 0 amide bonds. The van der Waals surface area contributed by atoms with E-state index in [0.29, 0.717) is 19.3 Å². The number of unbranched alkanes of at least 4 members (excludes halogenated alkanes) is 1. The van der Waals surface area contributed by atoms with E-state index in [1.807, 2.05) is 0 Å². The monoisotopic (exact) mass is 204 g/mol. The van der Waals surface area contributed by atoms with E-state index in [9.17, 15) is 10.2 Å². The van der Waals surface area contributed by atoms with E-state index in [-0.39, 0.29) is 6.61 Å². The van der Waals surface area contributed by atoms with E-state index in [1.54, 1.807) is 20.8 Å². The fraction of sp³-hybridized carbons (Fsp3) is 1.00. The first-order valence-electron chi connectivity index (χ1n) is 5.32. The van der Waals surface area contributed by atoms with Crippen LogP contribution in [-0.4, -0.2) is 33.1 Å². The van der Waals surface area contributed by atoms with E-state index in [2.05, 4.69) is 0 Å². The van der Waals surface area contributed by atoms with Crippen LogP contribution in [0.25, 0.3) is 0 Å². The van der Waals surface area contributed by atoms with Crippen LogP contribution in [0.2, 0.25) is 0 Å². The van der Waals surface area contributed by atoms with E-state index in [0.717, 1.165) is 12.8 Å². The Morgan fingerprint density at radius 1 is 0.857 bits per heavy atom. The lowest BCUT2D eigenvalue weighted by molar-refractivity contribution is -0.000653. The van der Waals surface area contributed by atoms with Gasteiger partial charge in [0.05, 0.1) is 11.2 Å². The van der Waals surface area contributed by atoms with Gasteiger partial charge in [-0.2, -0.15) is 0 Å². The second-order valence-electron chi connectivity index (χ2n) is 4.99. The van der Waals surface area contributed by atoms with Crippen LogP contribution in [0.3, 0.4) is 0 Å². The fourth-order valence-electron chi connectivity index (χ4n) is 1.32. The van der Waals surface area contributed by atoms with Crippen LogP contribution in [0, 0.1) is 0 Å². The Morgan fingerprint density at radius 2 is 1.43 bits per heavy atom. The first-order chi connectivity index (χ1) is 6.27.